The Bertz CT molecular complexity index is 717. The van der Waals surface area contributed by atoms with Crippen molar-refractivity contribution in [2.75, 3.05) is 0 Å². The summed E-state index contributed by atoms with van der Waals surface area (Å²) in [6.45, 7) is 2.06. The van der Waals surface area contributed by atoms with E-state index >= 15 is 0 Å². The topological polar surface area (TPSA) is 51.8 Å². The lowest BCUT2D eigenvalue weighted by molar-refractivity contribution is 0.860. The SMILES string of the molecule is Cc1ccncc1C(N)c1cccc2ncccc12. The van der Waals surface area contributed by atoms with Crippen LogP contribution in [-0.2, 0) is 0 Å². The van der Waals surface area contributed by atoms with Crippen LogP contribution in [0.25, 0.3) is 10.9 Å². The highest BCUT2D eigenvalue weighted by Gasteiger charge is 2.14. The molecule has 0 aliphatic carbocycles. The summed E-state index contributed by atoms with van der Waals surface area (Å²) in [4.78, 5) is 8.55. The van der Waals surface area contributed by atoms with E-state index < -0.39 is 0 Å². The van der Waals surface area contributed by atoms with Crippen molar-refractivity contribution in [1.82, 2.24) is 9.97 Å². The number of hydrogen-bond donors (Lipinski definition) is 1. The first kappa shape index (κ1) is 11.8. The first-order valence-corrected chi connectivity index (χ1v) is 6.27. The molecule has 1 unspecified atom stereocenters. The molecule has 2 heterocycles. The molecule has 0 saturated carbocycles. The zero-order valence-electron chi connectivity index (χ0n) is 10.7. The normalized spacial score (nSPS) is 12.5. The van der Waals surface area contributed by atoms with Crippen LogP contribution in [0.1, 0.15) is 22.7 Å². The molecule has 0 spiro atoms. The molecule has 0 aliphatic heterocycles. The van der Waals surface area contributed by atoms with Gasteiger partial charge in [0.2, 0.25) is 0 Å². The molecular weight excluding hydrogens is 234 g/mol. The van der Waals surface area contributed by atoms with Crippen molar-refractivity contribution in [2.24, 2.45) is 5.73 Å². The van der Waals surface area contributed by atoms with Crippen molar-refractivity contribution in [3.8, 4) is 0 Å². The Labute approximate surface area is 112 Å². The molecule has 1 atom stereocenters. The maximum Gasteiger partial charge on any atom is 0.0705 e. The molecule has 0 fully saturated rings. The molecule has 94 valence electrons. The average molecular weight is 249 g/mol. The van der Waals surface area contributed by atoms with Gasteiger partial charge in [0.1, 0.15) is 0 Å². The van der Waals surface area contributed by atoms with Crippen LogP contribution in [0, 0.1) is 6.92 Å². The molecule has 0 radical (unpaired) electrons. The van der Waals surface area contributed by atoms with Crippen molar-refractivity contribution in [2.45, 2.75) is 13.0 Å². The number of rotatable bonds is 2. The summed E-state index contributed by atoms with van der Waals surface area (Å²) in [5.41, 5.74) is 10.7. The van der Waals surface area contributed by atoms with Crippen LogP contribution in [0.15, 0.2) is 55.0 Å². The standard InChI is InChI=1S/C16H15N3/c1-11-7-9-18-10-14(11)16(17)13-4-2-6-15-12(13)5-3-8-19-15/h2-10,16H,17H2,1H3. The van der Waals surface area contributed by atoms with Crippen molar-refractivity contribution in [3.63, 3.8) is 0 Å². The summed E-state index contributed by atoms with van der Waals surface area (Å²) in [5, 5.41) is 1.10. The first-order valence-electron chi connectivity index (χ1n) is 6.27. The molecule has 1 aromatic carbocycles. The highest BCUT2D eigenvalue weighted by molar-refractivity contribution is 5.82. The number of nitrogens with two attached hydrogens (primary N) is 1. The van der Waals surface area contributed by atoms with Crippen LogP contribution in [0.4, 0.5) is 0 Å². The fourth-order valence-electron chi connectivity index (χ4n) is 2.37. The van der Waals surface area contributed by atoms with Gasteiger partial charge in [-0.15, -0.1) is 0 Å². The highest BCUT2D eigenvalue weighted by atomic mass is 14.7. The summed E-state index contributed by atoms with van der Waals surface area (Å²) in [5.74, 6) is 0. The van der Waals surface area contributed by atoms with Crippen molar-refractivity contribution in [1.29, 1.82) is 0 Å². The maximum atomic E-state index is 6.42. The molecular formula is C16H15N3. The lowest BCUT2D eigenvalue weighted by Crippen LogP contribution is -2.14. The summed E-state index contributed by atoms with van der Waals surface area (Å²) < 4.78 is 0. The van der Waals surface area contributed by atoms with Gasteiger partial charge in [0, 0.05) is 24.0 Å². The Hall–Kier alpha value is -2.26. The lowest BCUT2D eigenvalue weighted by Gasteiger charge is -2.16. The van der Waals surface area contributed by atoms with Gasteiger partial charge >= 0.3 is 0 Å². The zero-order chi connectivity index (χ0) is 13.2. The van der Waals surface area contributed by atoms with E-state index in [1.807, 2.05) is 30.5 Å². The number of pyridine rings is 2. The van der Waals surface area contributed by atoms with E-state index in [0.29, 0.717) is 0 Å². The second kappa shape index (κ2) is 4.78. The second-order valence-electron chi connectivity index (χ2n) is 4.63. The minimum Gasteiger partial charge on any atom is -0.320 e. The predicted molar refractivity (Wildman–Crippen MR) is 76.7 cm³/mol. The van der Waals surface area contributed by atoms with Crippen LogP contribution < -0.4 is 5.73 Å². The number of nitrogens with zero attached hydrogens (tertiary/aromatic N) is 2. The first-order chi connectivity index (χ1) is 9.27. The largest absolute Gasteiger partial charge is 0.320 e. The van der Waals surface area contributed by atoms with Gasteiger partial charge in [0.05, 0.1) is 11.6 Å². The van der Waals surface area contributed by atoms with E-state index in [-0.39, 0.29) is 6.04 Å². The molecule has 0 bridgehead atoms. The number of fused-ring (bicyclic) bond motifs is 1. The number of benzene rings is 1. The van der Waals surface area contributed by atoms with Gasteiger partial charge in [0.15, 0.2) is 0 Å². The van der Waals surface area contributed by atoms with E-state index in [0.717, 1.165) is 27.6 Å². The lowest BCUT2D eigenvalue weighted by atomic mass is 9.94. The summed E-state index contributed by atoms with van der Waals surface area (Å²) in [6.07, 6.45) is 5.43. The van der Waals surface area contributed by atoms with Crippen LogP contribution >= 0.6 is 0 Å². The van der Waals surface area contributed by atoms with Gasteiger partial charge in [-0.3, -0.25) is 9.97 Å². The fraction of sp³-hybridized carbons (Fsp3) is 0.125. The second-order valence-corrected chi connectivity index (χ2v) is 4.63. The smallest absolute Gasteiger partial charge is 0.0705 e. The molecule has 2 N–H and O–H groups in total. The van der Waals surface area contributed by atoms with Crippen molar-refractivity contribution >= 4 is 10.9 Å². The molecule has 0 saturated heterocycles. The van der Waals surface area contributed by atoms with Gasteiger partial charge < -0.3 is 5.73 Å². The third-order valence-corrected chi connectivity index (χ3v) is 3.43. The minimum absolute atomic E-state index is 0.179. The van der Waals surface area contributed by atoms with Crippen LogP contribution in [0.2, 0.25) is 0 Å². The summed E-state index contributed by atoms with van der Waals surface area (Å²) >= 11 is 0. The summed E-state index contributed by atoms with van der Waals surface area (Å²) in [6, 6.07) is 11.9. The van der Waals surface area contributed by atoms with E-state index in [1.54, 1.807) is 12.4 Å². The fourth-order valence-corrected chi connectivity index (χ4v) is 2.37. The van der Waals surface area contributed by atoms with Gasteiger partial charge in [-0.1, -0.05) is 18.2 Å². The van der Waals surface area contributed by atoms with E-state index in [4.69, 9.17) is 5.73 Å². The van der Waals surface area contributed by atoms with E-state index in [9.17, 15) is 0 Å². The molecule has 3 rings (SSSR count). The number of aromatic nitrogens is 2. The molecule has 3 nitrogen and oxygen atoms in total. The Morgan fingerprint density at radius 3 is 2.74 bits per heavy atom. The third kappa shape index (κ3) is 2.09. The Morgan fingerprint density at radius 1 is 1.00 bits per heavy atom. The summed E-state index contributed by atoms with van der Waals surface area (Å²) in [7, 11) is 0. The third-order valence-electron chi connectivity index (χ3n) is 3.43. The Morgan fingerprint density at radius 2 is 1.89 bits per heavy atom. The average Bonchev–Trinajstić information content (AvgIpc) is 2.46. The van der Waals surface area contributed by atoms with Gasteiger partial charge in [-0.25, -0.2) is 0 Å². The van der Waals surface area contributed by atoms with E-state index in [1.165, 1.54) is 0 Å². The quantitative estimate of drug-likeness (QED) is 0.759. The zero-order valence-corrected chi connectivity index (χ0v) is 10.7. The molecule has 0 amide bonds. The Balaban J connectivity index is 2.17. The van der Waals surface area contributed by atoms with Gasteiger partial charge in [0.25, 0.3) is 0 Å². The van der Waals surface area contributed by atoms with Crippen molar-refractivity contribution in [3.05, 3.63) is 71.7 Å². The predicted octanol–water partition coefficient (Wildman–Crippen LogP) is 2.99. The number of aryl methyl sites for hydroxylation is 1. The van der Waals surface area contributed by atoms with Crippen LogP contribution in [0.3, 0.4) is 0 Å². The van der Waals surface area contributed by atoms with Crippen molar-refractivity contribution < 1.29 is 0 Å². The molecule has 19 heavy (non-hydrogen) atoms. The minimum atomic E-state index is -0.179. The monoisotopic (exact) mass is 249 g/mol. The molecule has 0 aliphatic rings. The maximum absolute atomic E-state index is 6.42. The van der Waals surface area contributed by atoms with Crippen LogP contribution in [-0.4, -0.2) is 9.97 Å². The Kier molecular flexibility index (Phi) is 2.97. The molecule has 3 aromatic rings. The van der Waals surface area contributed by atoms with Gasteiger partial charge in [-0.05, 0) is 41.8 Å². The van der Waals surface area contributed by atoms with Gasteiger partial charge in [-0.2, -0.15) is 0 Å². The highest BCUT2D eigenvalue weighted by Crippen LogP contribution is 2.27. The van der Waals surface area contributed by atoms with Crippen LogP contribution in [0.5, 0.6) is 0 Å². The molecule has 2 aromatic heterocycles. The number of hydrogen-bond acceptors (Lipinski definition) is 3. The molecule has 3 heteroatoms. The van der Waals surface area contributed by atoms with E-state index in [2.05, 4.69) is 29.0 Å².